The summed E-state index contributed by atoms with van der Waals surface area (Å²) in [6.45, 7) is 13.5. The van der Waals surface area contributed by atoms with Gasteiger partial charge in [-0.1, -0.05) is 36.8 Å². The van der Waals surface area contributed by atoms with Crippen LogP contribution in [0.15, 0.2) is 54.2 Å². The number of methoxy groups -OCH3 is 1. The summed E-state index contributed by atoms with van der Waals surface area (Å²) in [5.74, 6) is -0.174. The fourth-order valence-corrected chi connectivity index (χ4v) is 3.70. The summed E-state index contributed by atoms with van der Waals surface area (Å²) in [6.07, 6.45) is 8.41. The highest BCUT2D eigenvalue weighted by atomic mass is 16.5. The van der Waals surface area contributed by atoms with E-state index in [9.17, 15) is 19.8 Å². The molecule has 1 aromatic rings. The van der Waals surface area contributed by atoms with Crippen LogP contribution in [0.25, 0.3) is 0 Å². The van der Waals surface area contributed by atoms with Gasteiger partial charge in [-0.25, -0.2) is 0 Å². The Morgan fingerprint density at radius 2 is 1.91 bits per heavy atom. The third-order valence-electron chi connectivity index (χ3n) is 5.99. The van der Waals surface area contributed by atoms with Crippen LogP contribution in [0.2, 0.25) is 0 Å². The van der Waals surface area contributed by atoms with Crippen LogP contribution in [-0.4, -0.2) is 40.8 Å². The summed E-state index contributed by atoms with van der Waals surface area (Å²) in [5, 5.41) is 19.8. The van der Waals surface area contributed by atoms with Crippen molar-refractivity contribution >= 4 is 11.8 Å². The first-order valence-corrected chi connectivity index (χ1v) is 12.1. The second-order valence-corrected chi connectivity index (χ2v) is 9.64. The lowest BCUT2D eigenvalue weighted by molar-refractivity contribution is -0.139. The maximum Gasteiger partial charge on any atom is 0.310 e. The van der Waals surface area contributed by atoms with E-state index in [1.54, 1.807) is 18.2 Å². The quantitative estimate of drug-likeness (QED) is 0.238. The Balaban J connectivity index is 2.65. The summed E-state index contributed by atoms with van der Waals surface area (Å²) >= 11 is 0. The third kappa shape index (κ3) is 11.0. The van der Waals surface area contributed by atoms with Crippen molar-refractivity contribution in [2.24, 2.45) is 5.92 Å². The van der Waals surface area contributed by atoms with E-state index in [0.717, 1.165) is 31.3 Å². The predicted molar refractivity (Wildman–Crippen MR) is 140 cm³/mol. The van der Waals surface area contributed by atoms with Crippen molar-refractivity contribution in [1.29, 1.82) is 0 Å². The van der Waals surface area contributed by atoms with Crippen LogP contribution in [0.3, 0.4) is 0 Å². The molecular formula is C29H42O6. The van der Waals surface area contributed by atoms with Crippen LogP contribution in [0.4, 0.5) is 0 Å². The van der Waals surface area contributed by atoms with E-state index >= 15 is 0 Å². The molecule has 6 nitrogen and oxygen atoms in total. The lowest BCUT2D eigenvalue weighted by Gasteiger charge is -2.28. The SMILES string of the molecule is C=C[C@](C)(CC/C=C(\C)CCC[C@H](C)C(=O)[C@@H](O)C=C(C)C)Oc1ccc(O)cc1CC(=O)OC. The topological polar surface area (TPSA) is 93.1 Å². The van der Waals surface area contributed by atoms with Gasteiger partial charge in [0.25, 0.3) is 0 Å². The molecule has 0 saturated carbocycles. The minimum Gasteiger partial charge on any atom is -0.508 e. The Morgan fingerprint density at radius 3 is 2.51 bits per heavy atom. The number of carbonyl (C=O) groups is 2. The number of phenolic OH excluding ortho intramolecular Hbond substituents is 1. The number of Topliss-reactive ketones (excluding diaryl/α,β-unsaturated/α-hetero) is 1. The van der Waals surface area contributed by atoms with Crippen LogP contribution in [-0.2, 0) is 20.7 Å². The highest BCUT2D eigenvalue weighted by molar-refractivity contribution is 5.86. The number of aliphatic hydroxyl groups is 1. The van der Waals surface area contributed by atoms with Crippen molar-refractivity contribution in [2.45, 2.75) is 84.8 Å². The van der Waals surface area contributed by atoms with E-state index in [-0.39, 0.29) is 23.9 Å². The van der Waals surface area contributed by atoms with E-state index in [1.165, 1.54) is 24.8 Å². The predicted octanol–water partition coefficient (Wildman–Crippen LogP) is 5.86. The van der Waals surface area contributed by atoms with Crippen LogP contribution in [0.1, 0.15) is 72.3 Å². The molecule has 0 saturated heterocycles. The summed E-state index contributed by atoms with van der Waals surface area (Å²) in [4.78, 5) is 24.0. The lowest BCUT2D eigenvalue weighted by Crippen LogP contribution is -2.30. The molecule has 0 bridgehead atoms. The zero-order chi connectivity index (χ0) is 26.6. The molecule has 0 fully saturated rings. The molecule has 0 aliphatic heterocycles. The number of allylic oxidation sites excluding steroid dienone is 3. The molecule has 0 radical (unpaired) electrons. The average molecular weight is 487 g/mol. The van der Waals surface area contributed by atoms with E-state index in [4.69, 9.17) is 9.47 Å². The van der Waals surface area contributed by atoms with E-state index in [0.29, 0.717) is 17.7 Å². The number of hydrogen-bond donors (Lipinski definition) is 2. The van der Waals surface area contributed by atoms with Gasteiger partial charge >= 0.3 is 5.97 Å². The van der Waals surface area contributed by atoms with Gasteiger partial charge in [-0.15, -0.1) is 0 Å². The minimum atomic E-state index is -1.02. The maximum atomic E-state index is 12.3. The molecule has 194 valence electrons. The van der Waals surface area contributed by atoms with Crippen molar-refractivity contribution in [3.63, 3.8) is 0 Å². The smallest absolute Gasteiger partial charge is 0.310 e. The number of esters is 1. The first kappa shape index (κ1) is 30.2. The van der Waals surface area contributed by atoms with Gasteiger partial charge in [0, 0.05) is 11.5 Å². The summed E-state index contributed by atoms with van der Waals surface area (Å²) in [7, 11) is 1.32. The van der Waals surface area contributed by atoms with Gasteiger partial charge in [0.2, 0.25) is 0 Å². The molecule has 1 rings (SSSR count). The highest BCUT2D eigenvalue weighted by Crippen LogP contribution is 2.30. The summed E-state index contributed by atoms with van der Waals surface area (Å²) < 4.78 is 11.0. The zero-order valence-electron chi connectivity index (χ0n) is 22.1. The fourth-order valence-electron chi connectivity index (χ4n) is 3.70. The largest absolute Gasteiger partial charge is 0.508 e. The van der Waals surface area contributed by atoms with Crippen LogP contribution in [0, 0.1) is 5.92 Å². The van der Waals surface area contributed by atoms with Crippen molar-refractivity contribution < 1.29 is 29.3 Å². The van der Waals surface area contributed by atoms with Gasteiger partial charge in [0.15, 0.2) is 5.78 Å². The van der Waals surface area contributed by atoms with Crippen molar-refractivity contribution in [3.8, 4) is 11.5 Å². The number of benzene rings is 1. The molecule has 0 unspecified atom stereocenters. The first-order valence-electron chi connectivity index (χ1n) is 12.1. The number of ketones is 1. The number of aliphatic hydroxyl groups excluding tert-OH is 1. The Labute approximate surface area is 210 Å². The summed E-state index contributed by atoms with van der Waals surface area (Å²) in [5.41, 5.74) is 2.05. The number of aromatic hydroxyl groups is 1. The Hall–Kier alpha value is -2.86. The third-order valence-corrected chi connectivity index (χ3v) is 5.99. The number of carbonyl (C=O) groups excluding carboxylic acids is 2. The molecule has 35 heavy (non-hydrogen) atoms. The Morgan fingerprint density at radius 1 is 1.23 bits per heavy atom. The van der Waals surface area contributed by atoms with Crippen LogP contribution >= 0.6 is 0 Å². The van der Waals surface area contributed by atoms with Crippen molar-refractivity contribution in [2.75, 3.05) is 7.11 Å². The van der Waals surface area contributed by atoms with Gasteiger partial charge in [-0.05, 0) is 84.1 Å². The standard InChI is InChI=1S/C29H42O6/c1-8-29(6,35-26-15-14-24(30)18-23(26)19-27(32)34-7)16-10-12-21(4)11-9-13-22(5)28(33)25(31)17-20(2)3/h8,12,14-15,17-18,22,25,30-31H,1,9-11,13,16,19H2,2-7H3/b21-12+/t22-,25-,29+/m0/s1. The molecule has 2 N–H and O–H groups in total. The number of ether oxygens (including phenoxy) is 2. The number of rotatable bonds is 15. The van der Waals surface area contributed by atoms with Crippen molar-refractivity contribution in [3.05, 3.63) is 59.7 Å². The molecule has 0 amide bonds. The van der Waals surface area contributed by atoms with E-state index < -0.39 is 17.7 Å². The zero-order valence-corrected chi connectivity index (χ0v) is 22.1. The normalized spacial score (nSPS) is 14.9. The average Bonchev–Trinajstić information content (AvgIpc) is 2.79. The molecule has 0 aromatic heterocycles. The summed E-state index contributed by atoms with van der Waals surface area (Å²) in [6, 6.07) is 4.67. The van der Waals surface area contributed by atoms with Gasteiger partial charge in [-0.2, -0.15) is 0 Å². The Kier molecular flexibility index (Phi) is 12.5. The molecule has 1 aromatic carbocycles. The molecule has 0 aliphatic carbocycles. The van der Waals surface area contributed by atoms with Crippen molar-refractivity contribution in [1.82, 2.24) is 0 Å². The second kappa shape index (κ2) is 14.5. The van der Waals surface area contributed by atoms with Gasteiger partial charge in [0.1, 0.15) is 23.2 Å². The second-order valence-electron chi connectivity index (χ2n) is 9.64. The number of hydrogen-bond acceptors (Lipinski definition) is 6. The highest BCUT2D eigenvalue weighted by Gasteiger charge is 2.24. The molecule has 3 atom stereocenters. The Bertz CT molecular complexity index is 925. The first-order chi connectivity index (χ1) is 16.4. The lowest BCUT2D eigenvalue weighted by atomic mass is 9.93. The molecule has 6 heteroatoms. The van der Waals surface area contributed by atoms with Crippen LogP contribution < -0.4 is 4.74 Å². The van der Waals surface area contributed by atoms with E-state index in [1.807, 2.05) is 27.7 Å². The molecule has 0 spiro atoms. The van der Waals surface area contributed by atoms with E-state index in [2.05, 4.69) is 19.6 Å². The molecule has 0 aliphatic rings. The molecule has 0 heterocycles. The van der Waals surface area contributed by atoms with Gasteiger partial charge in [-0.3, -0.25) is 9.59 Å². The maximum absolute atomic E-state index is 12.3. The van der Waals surface area contributed by atoms with Crippen LogP contribution in [0.5, 0.6) is 11.5 Å². The fraction of sp³-hybridized carbons (Fsp3) is 0.517. The monoisotopic (exact) mass is 486 g/mol. The van der Waals surface area contributed by atoms with Gasteiger partial charge < -0.3 is 19.7 Å². The number of phenols is 1. The van der Waals surface area contributed by atoms with Gasteiger partial charge in [0.05, 0.1) is 13.5 Å². The minimum absolute atomic E-state index is 0.00123. The molecular weight excluding hydrogens is 444 g/mol.